The van der Waals surface area contributed by atoms with Crippen LogP contribution in [0.25, 0.3) is 10.8 Å². The van der Waals surface area contributed by atoms with E-state index in [1.165, 1.54) is 0 Å². The second-order valence-electron chi connectivity index (χ2n) is 7.49. The fourth-order valence-corrected chi connectivity index (χ4v) is 2.46. The van der Waals surface area contributed by atoms with Gasteiger partial charge in [0.25, 0.3) is 0 Å². The molecule has 0 fully saturated rings. The van der Waals surface area contributed by atoms with Gasteiger partial charge in [-0.1, -0.05) is 45.0 Å². The normalized spacial score (nSPS) is 12.2. The van der Waals surface area contributed by atoms with Crippen LogP contribution in [0.1, 0.15) is 60.8 Å². The molecule has 0 heterocycles. The summed E-state index contributed by atoms with van der Waals surface area (Å²) in [5.74, 6) is 1.21. The third-order valence-electron chi connectivity index (χ3n) is 5.34. The van der Waals surface area contributed by atoms with Gasteiger partial charge in [0.1, 0.15) is 17.1 Å². The summed E-state index contributed by atoms with van der Waals surface area (Å²) in [5.41, 5.74) is -0.704. The molecule has 0 saturated carbocycles. The molecule has 2 aromatic rings. The molecule has 0 unspecified atom stereocenters. The smallest absolute Gasteiger partial charge is 0.316 e. The summed E-state index contributed by atoms with van der Waals surface area (Å²) in [4.78, 5) is 12.5. The highest BCUT2D eigenvalue weighted by molar-refractivity contribution is 5.95. The predicted octanol–water partition coefficient (Wildman–Crippen LogP) is 6.14. The van der Waals surface area contributed by atoms with E-state index in [0.29, 0.717) is 5.75 Å². The molecule has 2 aromatic carbocycles. The number of fused-ring (bicyclic) bond motifs is 1. The van der Waals surface area contributed by atoms with Crippen LogP contribution in [0, 0.1) is 5.41 Å². The van der Waals surface area contributed by atoms with Crippen molar-refractivity contribution < 1.29 is 14.3 Å². The Kier molecular flexibility index (Phi) is 5.76. The summed E-state index contributed by atoms with van der Waals surface area (Å²) >= 11 is 0. The van der Waals surface area contributed by atoms with E-state index in [9.17, 15) is 4.79 Å². The van der Waals surface area contributed by atoms with Crippen LogP contribution in [0.15, 0.2) is 36.4 Å². The number of hydrogen-bond acceptors (Lipinski definition) is 3. The third-order valence-corrected chi connectivity index (χ3v) is 5.34. The van der Waals surface area contributed by atoms with E-state index < -0.39 is 5.41 Å². The lowest BCUT2D eigenvalue weighted by molar-refractivity contribution is -0.144. The molecule has 0 N–H and O–H groups in total. The van der Waals surface area contributed by atoms with Crippen LogP contribution in [0.5, 0.6) is 11.5 Å². The van der Waals surface area contributed by atoms with Gasteiger partial charge in [-0.15, -0.1) is 0 Å². The lowest BCUT2D eigenvalue weighted by Gasteiger charge is -2.29. The summed E-state index contributed by atoms with van der Waals surface area (Å²) in [7, 11) is 0. The molecule has 0 radical (unpaired) electrons. The zero-order chi connectivity index (χ0) is 18.7. The molecule has 3 nitrogen and oxygen atoms in total. The Morgan fingerprint density at radius 2 is 1.36 bits per heavy atom. The van der Waals surface area contributed by atoms with Gasteiger partial charge in [0.2, 0.25) is 0 Å². The first-order valence-electron chi connectivity index (χ1n) is 9.19. The summed E-state index contributed by atoms with van der Waals surface area (Å²) in [6.07, 6.45) is 2.59. The second kappa shape index (κ2) is 7.47. The Balaban J connectivity index is 2.43. The number of rotatable bonds is 7. The summed E-state index contributed by atoms with van der Waals surface area (Å²) in [6.45, 7) is 12.2. The molecular weight excluding hydrogens is 312 g/mol. The second-order valence-corrected chi connectivity index (χ2v) is 7.49. The zero-order valence-electron chi connectivity index (χ0n) is 16.3. The number of carbonyl (C=O) groups excluding carboxylic acids is 1. The Hall–Kier alpha value is -2.03. The van der Waals surface area contributed by atoms with E-state index in [1.54, 1.807) is 0 Å². The maximum atomic E-state index is 12.5. The zero-order valence-corrected chi connectivity index (χ0v) is 16.3. The molecule has 0 saturated heterocycles. The number of esters is 1. The van der Waals surface area contributed by atoms with Gasteiger partial charge in [0, 0.05) is 10.8 Å². The molecule has 3 heteroatoms. The molecule has 0 atom stereocenters. The van der Waals surface area contributed by atoms with Crippen molar-refractivity contribution in [1.29, 1.82) is 0 Å². The van der Waals surface area contributed by atoms with E-state index in [-0.39, 0.29) is 11.6 Å². The number of carbonyl (C=O) groups is 1. The van der Waals surface area contributed by atoms with Crippen molar-refractivity contribution in [2.45, 2.75) is 66.4 Å². The Labute approximate surface area is 151 Å². The minimum Gasteiger partial charge on any atom is -0.487 e. The number of ether oxygens (including phenoxy) is 2. The lowest BCUT2D eigenvalue weighted by Crippen LogP contribution is -2.30. The molecule has 0 spiro atoms. The van der Waals surface area contributed by atoms with Crippen LogP contribution in [-0.4, -0.2) is 11.6 Å². The van der Waals surface area contributed by atoms with Crippen LogP contribution in [0.3, 0.4) is 0 Å². The Morgan fingerprint density at radius 1 is 0.840 bits per heavy atom. The lowest BCUT2D eigenvalue weighted by atomic mass is 9.90. The first kappa shape index (κ1) is 19.3. The highest BCUT2D eigenvalue weighted by Crippen LogP contribution is 2.37. The predicted molar refractivity (Wildman–Crippen MR) is 103 cm³/mol. The minimum atomic E-state index is -0.501. The summed E-state index contributed by atoms with van der Waals surface area (Å²) < 4.78 is 12.0. The monoisotopic (exact) mass is 342 g/mol. The van der Waals surface area contributed by atoms with Crippen molar-refractivity contribution in [2.75, 3.05) is 0 Å². The van der Waals surface area contributed by atoms with Gasteiger partial charge in [0.05, 0.1) is 5.41 Å². The molecule has 2 rings (SSSR count). The number of hydrogen-bond donors (Lipinski definition) is 0. The highest BCUT2D eigenvalue weighted by Gasteiger charge is 2.28. The highest BCUT2D eigenvalue weighted by atomic mass is 16.5. The summed E-state index contributed by atoms with van der Waals surface area (Å²) in [5, 5.41) is 1.87. The Morgan fingerprint density at radius 3 is 1.88 bits per heavy atom. The van der Waals surface area contributed by atoms with Crippen LogP contribution in [0.4, 0.5) is 0 Å². The van der Waals surface area contributed by atoms with Gasteiger partial charge < -0.3 is 9.47 Å². The summed E-state index contributed by atoms with van der Waals surface area (Å²) in [6, 6.07) is 11.7. The maximum absolute atomic E-state index is 12.5. The Bertz CT molecular complexity index is 742. The van der Waals surface area contributed by atoms with Gasteiger partial charge in [-0.2, -0.15) is 0 Å². The molecule has 25 heavy (non-hydrogen) atoms. The van der Waals surface area contributed by atoms with E-state index in [0.717, 1.165) is 35.8 Å². The molecule has 136 valence electrons. The molecular formula is C22H30O3. The minimum absolute atomic E-state index is 0.203. The van der Waals surface area contributed by atoms with Gasteiger partial charge in [0.15, 0.2) is 0 Å². The molecule has 0 aliphatic heterocycles. The fraction of sp³-hybridized carbons (Fsp3) is 0.500. The van der Waals surface area contributed by atoms with E-state index in [1.807, 2.05) is 57.2 Å². The van der Waals surface area contributed by atoms with Gasteiger partial charge in [-0.3, -0.25) is 4.79 Å². The average molecular weight is 342 g/mol. The van der Waals surface area contributed by atoms with Gasteiger partial charge in [-0.25, -0.2) is 0 Å². The largest absolute Gasteiger partial charge is 0.487 e. The third kappa shape index (κ3) is 4.15. The van der Waals surface area contributed by atoms with E-state index in [2.05, 4.69) is 20.8 Å². The number of benzene rings is 2. The molecule has 0 bridgehead atoms. The van der Waals surface area contributed by atoms with Crippen molar-refractivity contribution >= 4 is 16.7 Å². The SMILES string of the molecule is CCC(C)(CC)Oc1ccc(OC(=O)C(C)(C)CC)c2ccccc12. The van der Waals surface area contributed by atoms with Crippen molar-refractivity contribution in [3.63, 3.8) is 0 Å². The molecule has 0 aromatic heterocycles. The van der Waals surface area contributed by atoms with Crippen LogP contribution >= 0.6 is 0 Å². The molecule has 0 aliphatic rings. The first-order chi connectivity index (χ1) is 11.8. The van der Waals surface area contributed by atoms with Crippen LogP contribution in [0.2, 0.25) is 0 Å². The molecule has 0 amide bonds. The topological polar surface area (TPSA) is 35.5 Å². The van der Waals surface area contributed by atoms with E-state index >= 15 is 0 Å². The van der Waals surface area contributed by atoms with E-state index in [4.69, 9.17) is 9.47 Å². The van der Waals surface area contributed by atoms with Gasteiger partial charge in [-0.05, 0) is 52.2 Å². The van der Waals surface area contributed by atoms with Crippen molar-refractivity contribution in [1.82, 2.24) is 0 Å². The van der Waals surface area contributed by atoms with Crippen LogP contribution in [-0.2, 0) is 4.79 Å². The van der Waals surface area contributed by atoms with Crippen molar-refractivity contribution in [2.24, 2.45) is 5.41 Å². The van der Waals surface area contributed by atoms with Crippen LogP contribution < -0.4 is 9.47 Å². The van der Waals surface area contributed by atoms with Gasteiger partial charge >= 0.3 is 5.97 Å². The quantitative estimate of drug-likeness (QED) is 0.448. The average Bonchev–Trinajstić information content (AvgIpc) is 2.63. The molecule has 0 aliphatic carbocycles. The van der Waals surface area contributed by atoms with Crippen molar-refractivity contribution in [3.8, 4) is 11.5 Å². The van der Waals surface area contributed by atoms with Crippen molar-refractivity contribution in [3.05, 3.63) is 36.4 Å². The first-order valence-corrected chi connectivity index (χ1v) is 9.19. The maximum Gasteiger partial charge on any atom is 0.316 e. The fourth-order valence-electron chi connectivity index (χ4n) is 2.46. The standard InChI is InChI=1S/C22H30O3/c1-7-21(4,5)20(23)24-18-14-15-19(25-22(6,8-2)9-3)17-13-11-10-12-16(17)18/h10-15H,7-9H2,1-6H3.